The summed E-state index contributed by atoms with van der Waals surface area (Å²) in [6.07, 6.45) is -1.09. The lowest BCUT2D eigenvalue weighted by atomic mass is 10.2. The third-order valence-corrected chi connectivity index (χ3v) is 9.57. The summed E-state index contributed by atoms with van der Waals surface area (Å²) in [6, 6.07) is 3.51. The number of hydrogen-bond acceptors (Lipinski definition) is 6. The number of methoxy groups -OCH3 is 1. The fourth-order valence-corrected chi connectivity index (χ4v) is 3.31. The van der Waals surface area contributed by atoms with E-state index >= 15 is 0 Å². The van der Waals surface area contributed by atoms with Crippen LogP contribution >= 0.6 is 0 Å². The number of rotatable bonds is 9. The van der Waals surface area contributed by atoms with Crippen LogP contribution in [0, 0.1) is 0 Å². The van der Waals surface area contributed by atoms with Crippen molar-refractivity contribution in [3.05, 3.63) is 30.0 Å². The van der Waals surface area contributed by atoms with E-state index in [1.165, 1.54) is 11.7 Å². The van der Waals surface area contributed by atoms with Crippen molar-refractivity contribution in [2.75, 3.05) is 19.0 Å². The second-order valence-electron chi connectivity index (χ2n) is 7.98. The molecule has 0 amide bonds. The molecular weight excluding hydrogens is 384 g/mol. The fourth-order valence-electron chi connectivity index (χ4n) is 2.28. The van der Waals surface area contributed by atoms with Gasteiger partial charge in [-0.05, 0) is 24.2 Å². The highest BCUT2D eigenvalue weighted by Gasteiger charge is 2.37. The van der Waals surface area contributed by atoms with Crippen molar-refractivity contribution in [3.63, 3.8) is 0 Å². The van der Waals surface area contributed by atoms with Crippen LogP contribution in [0.3, 0.4) is 0 Å². The van der Waals surface area contributed by atoms with Gasteiger partial charge in [-0.3, -0.25) is 0 Å². The van der Waals surface area contributed by atoms with Gasteiger partial charge in [0.25, 0.3) is 6.43 Å². The van der Waals surface area contributed by atoms with E-state index in [1.807, 2.05) is 0 Å². The van der Waals surface area contributed by atoms with Gasteiger partial charge >= 0.3 is 0 Å². The highest BCUT2D eigenvalue weighted by atomic mass is 28.4. The number of nitrogens with one attached hydrogen (secondary N) is 1. The molecule has 156 valence electrons. The Bertz CT molecular complexity index is 760. The molecule has 2 aromatic heterocycles. The lowest BCUT2D eigenvalue weighted by Gasteiger charge is -2.36. The van der Waals surface area contributed by atoms with E-state index in [-0.39, 0.29) is 24.0 Å². The molecule has 28 heavy (non-hydrogen) atoms. The minimum absolute atomic E-state index is 0.0531. The Morgan fingerprint density at radius 1 is 1.21 bits per heavy atom. The molecule has 10 heteroatoms. The molecule has 2 heterocycles. The number of pyridine rings is 1. The summed E-state index contributed by atoms with van der Waals surface area (Å²) in [7, 11) is -0.421. The Balaban J connectivity index is 2.06. The molecule has 2 rings (SSSR count). The number of nitrogens with zero attached hydrogens (tertiary/aromatic N) is 4. The van der Waals surface area contributed by atoms with E-state index in [0.717, 1.165) is 5.69 Å². The van der Waals surface area contributed by atoms with Crippen molar-refractivity contribution in [1.82, 2.24) is 19.7 Å². The molecule has 1 N–H and O–H groups in total. The van der Waals surface area contributed by atoms with Gasteiger partial charge in [0.05, 0.1) is 32.1 Å². The van der Waals surface area contributed by atoms with Crippen LogP contribution < -0.4 is 10.1 Å². The predicted molar refractivity (Wildman–Crippen MR) is 106 cm³/mol. The molecule has 0 spiro atoms. The first-order valence-electron chi connectivity index (χ1n) is 9.13. The maximum Gasteiger partial charge on any atom is 0.297 e. The van der Waals surface area contributed by atoms with Crippen LogP contribution in [0.25, 0.3) is 0 Å². The summed E-state index contributed by atoms with van der Waals surface area (Å²) < 4.78 is 39.2. The van der Waals surface area contributed by atoms with Crippen molar-refractivity contribution < 1.29 is 17.9 Å². The normalized spacial score (nSPS) is 12.5. The molecule has 0 radical (unpaired) electrons. The van der Waals surface area contributed by atoms with Gasteiger partial charge in [-0.25, -0.2) is 13.8 Å². The molecule has 0 aromatic carbocycles. The lowest BCUT2D eigenvalue weighted by Crippen LogP contribution is -2.41. The lowest BCUT2D eigenvalue weighted by molar-refractivity contribution is 0.132. The van der Waals surface area contributed by atoms with Gasteiger partial charge in [0, 0.05) is 12.6 Å². The standard InChI is InChI=1S/C18H29F2N5O2Si/c1-18(2,3)28(5,6)27-10-9-25-14(23-24-17(25)16(19)20)12-21-13-7-8-15(26-4)22-11-13/h7-8,11,16,21H,9-10,12H2,1-6H3. The number of ether oxygens (including phenoxy) is 1. The van der Waals surface area contributed by atoms with Crippen molar-refractivity contribution >= 4 is 14.0 Å². The van der Waals surface area contributed by atoms with Crippen LogP contribution in [0.2, 0.25) is 18.1 Å². The van der Waals surface area contributed by atoms with Gasteiger partial charge in [0.2, 0.25) is 5.88 Å². The maximum absolute atomic E-state index is 13.3. The Labute approximate surface area is 165 Å². The molecule has 0 saturated carbocycles. The number of aromatic nitrogens is 4. The second-order valence-corrected chi connectivity index (χ2v) is 12.8. The van der Waals surface area contributed by atoms with Crippen molar-refractivity contribution in [3.8, 4) is 5.88 Å². The van der Waals surface area contributed by atoms with Crippen molar-refractivity contribution in [2.24, 2.45) is 0 Å². The molecule has 0 unspecified atom stereocenters. The van der Waals surface area contributed by atoms with E-state index in [1.54, 1.807) is 18.3 Å². The minimum Gasteiger partial charge on any atom is -0.481 e. The molecule has 0 bridgehead atoms. The van der Waals surface area contributed by atoms with Crippen LogP contribution in [0.15, 0.2) is 18.3 Å². The quantitative estimate of drug-likeness (QED) is 0.620. The third kappa shape index (κ3) is 5.48. The molecule has 0 atom stereocenters. The minimum atomic E-state index is -2.70. The summed E-state index contributed by atoms with van der Waals surface area (Å²) >= 11 is 0. The predicted octanol–water partition coefficient (Wildman–Crippen LogP) is 4.25. The van der Waals surface area contributed by atoms with E-state index in [4.69, 9.17) is 9.16 Å². The van der Waals surface area contributed by atoms with Gasteiger partial charge in [-0.2, -0.15) is 0 Å². The maximum atomic E-state index is 13.3. The smallest absolute Gasteiger partial charge is 0.297 e. The van der Waals surface area contributed by atoms with Gasteiger partial charge < -0.3 is 19.0 Å². The first-order chi connectivity index (χ1) is 13.0. The number of anilines is 1. The van der Waals surface area contributed by atoms with Gasteiger partial charge in [0.1, 0.15) is 0 Å². The molecule has 0 saturated heterocycles. The Morgan fingerprint density at radius 2 is 1.93 bits per heavy atom. The molecular formula is C18H29F2N5O2Si. The molecule has 7 nitrogen and oxygen atoms in total. The zero-order chi connectivity index (χ0) is 20.9. The first-order valence-corrected chi connectivity index (χ1v) is 12.0. The van der Waals surface area contributed by atoms with Crippen LogP contribution in [0.1, 0.15) is 38.8 Å². The summed E-state index contributed by atoms with van der Waals surface area (Å²) in [5, 5.41) is 10.8. The molecule has 2 aromatic rings. The number of halogens is 2. The molecule has 0 aliphatic carbocycles. The van der Waals surface area contributed by atoms with Crippen molar-refractivity contribution in [2.45, 2.75) is 58.4 Å². The Kier molecular flexibility index (Phi) is 7.10. The van der Waals surface area contributed by atoms with E-state index in [2.05, 4.69) is 54.4 Å². The van der Waals surface area contributed by atoms with E-state index in [9.17, 15) is 8.78 Å². The SMILES string of the molecule is COc1ccc(NCc2nnc(C(F)F)n2CCO[Si](C)(C)C(C)(C)C)cn1. The number of hydrogen-bond donors (Lipinski definition) is 1. The van der Waals surface area contributed by atoms with Crippen LogP contribution in [0.4, 0.5) is 14.5 Å². The van der Waals surface area contributed by atoms with Gasteiger partial charge in [-0.1, -0.05) is 20.8 Å². The van der Waals surface area contributed by atoms with E-state index in [0.29, 0.717) is 18.3 Å². The number of alkyl halides is 2. The first kappa shape index (κ1) is 22.2. The molecule has 0 aliphatic rings. The monoisotopic (exact) mass is 413 g/mol. The summed E-state index contributed by atoms with van der Waals surface area (Å²) in [5.74, 6) is 0.574. The molecule has 0 fully saturated rings. The highest BCUT2D eigenvalue weighted by molar-refractivity contribution is 6.74. The van der Waals surface area contributed by atoms with Gasteiger partial charge in [-0.15, -0.1) is 10.2 Å². The second kappa shape index (κ2) is 8.95. The zero-order valence-electron chi connectivity index (χ0n) is 17.3. The van der Waals surface area contributed by atoms with Gasteiger partial charge in [0.15, 0.2) is 20.0 Å². The third-order valence-electron chi connectivity index (χ3n) is 5.03. The fraction of sp³-hybridized carbons (Fsp3) is 0.611. The van der Waals surface area contributed by atoms with Crippen LogP contribution in [-0.4, -0.2) is 41.8 Å². The topological polar surface area (TPSA) is 74.1 Å². The Morgan fingerprint density at radius 3 is 2.46 bits per heavy atom. The van der Waals surface area contributed by atoms with E-state index < -0.39 is 14.7 Å². The summed E-state index contributed by atoms with van der Waals surface area (Å²) in [6.45, 7) is 11.5. The molecule has 0 aliphatic heterocycles. The largest absolute Gasteiger partial charge is 0.481 e. The summed E-state index contributed by atoms with van der Waals surface area (Å²) in [4.78, 5) is 4.10. The average Bonchev–Trinajstić information content (AvgIpc) is 3.02. The van der Waals surface area contributed by atoms with Crippen LogP contribution in [-0.2, 0) is 17.5 Å². The van der Waals surface area contributed by atoms with Crippen molar-refractivity contribution in [1.29, 1.82) is 0 Å². The van der Waals surface area contributed by atoms with Crippen LogP contribution in [0.5, 0.6) is 5.88 Å². The highest BCUT2D eigenvalue weighted by Crippen LogP contribution is 2.36. The summed E-state index contributed by atoms with van der Waals surface area (Å²) in [5.41, 5.74) is 0.728. The average molecular weight is 414 g/mol. The Hall–Kier alpha value is -2.07. The zero-order valence-corrected chi connectivity index (χ0v) is 18.3.